The van der Waals surface area contributed by atoms with Crippen molar-refractivity contribution in [1.29, 1.82) is 5.26 Å². The summed E-state index contributed by atoms with van der Waals surface area (Å²) in [6, 6.07) is 3.52. The molecule has 0 fully saturated rings. The van der Waals surface area contributed by atoms with Crippen molar-refractivity contribution in [2.24, 2.45) is 0 Å². The van der Waals surface area contributed by atoms with Crippen LogP contribution in [0.25, 0.3) is 0 Å². The largest absolute Gasteiger partial charge is 0.610 e. The summed E-state index contributed by atoms with van der Waals surface area (Å²) >= 11 is -1.38. The first-order valence-corrected chi connectivity index (χ1v) is 7.34. The maximum Gasteiger partial charge on any atom is 0.263 e. The standard InChI is InChI=1S/C14H14N2O2S/c1-9(2)8-19(18)14-10(7-15)6-11-12(16-14)4-3-5-13(11)17/h6H,1,3-5,8H2,2H3. The molecule has 0 N–H and O–H groups in total. The first-order valence-electron chi connectivity index (χ1n) is 6.03. The molecule has 1 heterocycles. The quantitative estimate of drug-likeness (QED) is 0.625. The van der Waals surface area contributed by atoms with Crippen LogP contribution in [0.4, 0.5) is 0 Å². The molecular formula is C14H14N2O2S. The number of Topliss-reactive ketones (excluding diaryl/α,β-unsaturated/α-hetero) is 1. The van der Waals surface area contributed by atoms with Gasteiger partial charge in [0.25, 0.3) is 5.03 Å². The predicted octanol–water partition coefficient (Wildman–Crippen LogP) is 2.16. The lowest BCUT2D eigenvalue weighted by molar-refractivity contribution is 0.0971. The van der Waals surface area contributed by atoms with Gasteiger partial charge in [0.2, 0.25) is 0 Å². The SMILES string of the molecule is C=C(C)C[S+]([O-])c1nc2c(cc1C#N)C(=O)CCC2. The molecule has 0 saturated heterocycles. The van der Waals surface area contributed by atoms with E-state index in [1.165, 1.54) is 6.07 Å². The Bertz CT molecular complexity index is 590. The van der Waals surface area contributed by atoms with Gasteiger partial charge < -0.3 is 4.55 Å². The Morgan fingerprint density at radius 3 is 3.00 bits per heavy atom. The molecule has 0 aromatic carbocycles. The molecule has 0 amide bonds. The van der Waals surface area contributed by atoms with Gasteiger partial charge in [-0.2, -0.15) is 5.26 Å². The van der Waals surface area contributed by atoms with Gasteiger partial charge in [0.05, 0.1) is 5.69 Å². The van der Waals surface area contributed by atoms with E-state index in [0.29, 0.717) is 24.1 Å². The summed E-state index contributed by atoms with van der Waals surface area (Å²) in [4.78, 5) is 16.1. The molecule has 98 valence electrons. The van der Waals surface area contributed by atoms with Gasteiger partial charge in [0.1, 0.15) is 17.4 Å². The summed E-state index contributed by atoms with van der Waals surface area (Å²) in [5, 5.41) is 9.41. The number of rotatable bonds is 3. The summed E-state index contributed by atoms with van der Waals surface area (Å²) in [6.45, 7) is 5.50. The molecule has 1 aromatic heterocycles. The number of carbonyl (C=O) groups is 1. The second-order valence-corrected chi connectivity index (χ2v) is 6.04. The minimum Gasteiger partial charge on any atom is -0.610 e. The van der Waals surface area contributed by atoms with Crippen molar-refractivity contribution >= 4 is 17.0 Å². The van der Waals surface area contributed by atoms with E-state index in [2.05, 4.69) is 11.6 Å². The fourth-order valence-electron chi connectivity index (χ4n) is 2.06. The molecule has 1 aromatic rings. The summed E-state index contributed by atoms with van der Waals surface area (Å²) in [6.07, 6.45) is 1.95. The number of nitrogens with zero attached hydrogens (tertiary/aromatic N) is 2. The summed E-state index contributed by atoms with van der Waals surface area (Å²) < 4.78 is 12.2. The average Bonchev–Trinajstić information content (AvgIpc) is 2.37. The Kier molecular flexibility index (Phi) is 4.03. The molecule has 0 radical (unpaired) electrons. The van der Waals surface area contributed by atoms with E-state index in [-0.39, 0.29) is 22.1 Å². The van der Waals surface area contributed by atoms with Gasteiger partial charge in [-0.3, -0.25) is 4.79 Å². The molecule has 1 aliphatic rings. The first-order chi connectivity index (χ1) is 9.02. The van der Waals surface area contributed by atoms with E-state index in [1.54, 1.807) is 6.92 Å². The minimum atomic E-state index is -1.38. The minimum absolute atomic E-state index is 0.0162. The Morgan fingerprint density at radius 1 is 1.63 bits per heavy atom. The fraction of sp³-hybridized carbons (Fsp3) is 0.357. The van der Waals surface area contributed by atoms with E-state index in [4.69, 9.17) is 5.26 Å². The van der Waals surface area contributed by atoms with Crippen molar-refractivity contribution in [1.82, 2.24) is 4.98 Å². The molecule has 0 spiro atoms. The number of nitriles is 1. The van der Waals surface area contributed by atoms with Crippen molar-refractivity contribution in [3.05, 3.63) is 35.0 Å². The third kappa shape index (κ3) is 2.86. The normalized spacial score (nSPS) is 15.5. The van der Waals surface area contributed by atoms with Crippen molar-refractivity contribution < 1.29 is 9.35 Å². The third-order valence-electron chi connectivity index (χ3n) is 2.90. The Balaban J connectivity index is 2.47. The molecule has 1 atom stereocenters. The molecule has 1 aliphatic carbocycles. The molecular weight excluding hydrogens is 260 g/mol. The second-order valence-electron chi connectivity index (χ2n) is 4.67. The smallest absolute Gasteiger partial charge is 0.263 e. The maximum absolute atomic E-state index is 12.2. The predicted molar refractivity (Wildman–Crippen MR) is 72.3 cm³/mol. The topological polar surface area (TPSA) is 76.8 Å². The van der Waals surface area contributed by atoms with Crippen molar-refractivity contribution in [3.8, 4) is 6.07 Å². The van der Waals surface area contributed by atoms with Crippen LogP contribution >= 0.6 is 0 Å². The highest BCUT2D eigenvalue weighted by molar-refractivity contribution is 7.91. The lowest BCUT2D eigenvalue weighted by atomic mass is 9.94. The van der Waals surface area contributed by atoms with E-state index < -0.39 is 11.2 Å². The maximum atomic E-state index is 12.2. The van der Waals surface area contributed by atoms with E-state index in [1.807, 2.05) is 6.07 Å². The van der Waals surface area contributed by atoms with Gasteiger partial charge in [-0.25, -0.2) is 4.98 Å². The van der Waals surface area contributed by atoms with Gasteiger partial charge in [0, 0.05) is 23.2 Å². The van der Waals surface area contributed by atoms with Gasteiger partial charge in [0.15, 0.2) is 5.78 Å². The Morgan fingerprint density at radius 2 is 2.37 bits per heavy atom. The summed E-state index contributed by atoms with van der Waals surface area (Å²) in [5.41, 5.74) is 2.19. The highest BCUT2D eigenvalue weighted by atomic mass is 32.2. The lowest BCUT2D eigenvalue weighted by Crippen LogP contribution is -2.18. The van der Waals surface area contributed by atoms with Crippen molar-refractivity contribution in [2.45, 2.75) is 31.2 Å². The zero-order chi connectivity index (χ0) is 14.0. The van der Waals surface area contributed by atoms with Crippen molar-refractivity contribution in [3.63, 3.8) is 0 Å². The third-order valence-corrected chi connectivity index (χ3v) is 4.40. The molecule has 5 heteroatoms. The second kappa shape index (κ2) is 5.55. The number of carbonyl (C=O) groups excluding carboxylic acids is 1. The number of hydrogen-bond acceptors (Lipinski definition) is 4. The van der Waals surface area contributed by atoms with Gasteiger partial charge in [-0.1, -0.05) is 6.58 Å². The number of hydrogen-bond donors (Lipinski definition) is 0. The molecule has 4 nitrogen and oxygen atoms in total. The average molecular weight is 274 g/mol. The van der Waals surface area contributed by atoms with Crippen molar-refractivity contribution in [2.75, 3.05) is 5.75 Å². The number of pyridine rings is 1. The highest BCUT2D eigenvalue weighted by Gasteiger charge is 2.26. The number of ketones is 1. The van der Waals surface area contributed by atoms with E-state index in [9.17, 15) is 9.35 Å². The molecule has 0 bridgehead atoms. The lowest BCUT2D eigenvalue weighted by Gasteiger charge is -2.17. The van der Waals surface area contributed by atoms with Crippen LogP contribution in [0.3, 0.4) is 0 Å². The number of aryl methyl sites for hydroxylation is 1. The van der Waals surface area contributed by atoms with Crippen LogP contribution in [0.2, 0.25) is 0 Å². The molecule has 1 unspecified atom stereocenters. The zero-order valence-corrected chi connectivity index (χ0v) is 11.5. The summed E-state index contributed by atoms with van der Waals surface area (Å²) in [5.74, 6) is 0.302. The monoisotopic (exact) mass is 274 g/mol. The van der Waals surface area contributed by atoms with Crippen LogP contribution in [0.5, 0.6) is 0 Å². The number of aromatic nitrogens is 1. The Hall–Kier alpha value is -1.64. The van der Waals surface area contributed by atoms with Gasteiger partial charge in [-0.05, 0) is 31.4 Å². The van der Waals surface area contributed by atoms with Crippen LogP contribution in [-0.2, 0) is 17.6 Å². The number of fused-ring (bicyclic) bond motifs is 1. The molecule has 0 aliphatic heterocycles. The van der Waals surface area contributed by atoms with Crippen LogP contribution in [0.15, 0.2) is 23.2 Å². The zero-order valence-electron chi connectivity index (χ0n) is 10.7. The van der Waals surface area contributed by atoms with Crippen LogP contribution in [0, 0.1) is 11.3 Å². The van der Waals surface area contributed by atoms with E-state index in [0.717, 1.165) is 12.0 Å². The fourth-order valence-corrected chi connectivity index (χ4v) is 3.21. The van der Waals surface area contributed by atoms with Gasteiger partial charge >= 0.3 is 0 Å². The Labute approximate surface area is 115 Å². The molecule has 2 rings (SSSR count). The first kappa shape index (κ1) is 13.8. The highest BCUT2D eigenvalue weighted by Crippen LogP contribution is 2.25. The van der Waals surface area contributed by atoms with Crippen LogP contribution in [-0.4, -0.2) is 21.1 Å². The van der Waals surface area contributed by atoms with Gasteiger partial charge in [-0.15, -0.1) is 0 Å². The van der Waals surface area contributed by atoms with Crippen LogP contribution < -0.4 is 0 Å². The molecule has 0 saturated carbocycles. The summed E-state index contributed by atoms with van der Waals surface area (Å²) in [7, 11) is 0. The van der Waals surface area contributed by atoms with Crippen LogP contribution in [0.1, 0.15) is 41.4 Å². The molecule has 19 heavy (non-hydrogen) atoms. The van der Waals surface area contributed by atoms with E-state index >= 15 is 0 Å².